The van der Waals surface area contributed by atoms with Crippen LogP contribution in [-0.2, 0) is 4.79 Å². The normalized spacial score (nSPS) is 12.8. The summed E-state index contributed by atoms with van der Waals surface area (Å²) in [5.41, 5.74) is -0.266. The third-order valence-electron chi connectivity index (χ3n) is 4.86. The molecular weight excluding hydrogens is 332 g/mol. The van der Waals surface area contributed by atoms with E-state index in [-0.39, 0.29) is 85.9 Å². The number of hydrogen-bond donors (Lipinski definition) is 0. The summed E-state index contributed by atoms with van der Waals surface area (Å²) >= 11 is 0. The van der Waals surface area contributed by atoms with E-state index in [1.54, 1.807) is 0 Å². The predicted molar refractivity (Wildman–Crippen MR) is 91.1 cm³/mol. The van der Waals surface area contributed by atoms with E-state index in [4.69, 9.17) is 0 Å². The summed E-state index contributed by atoms with van der Waals surface area (Å²) in [5, 5.41) is 4.44. The van der Waals surface area contributed by atoms with Crippen molar-refractivity contribution in [2.24, 2.45) is 16.2 Å². The second kappa shape index (κ2) is 9.54. The molecule has 0 spiro atoms. The summed E-state index contributed by atoms with van der Waals surface area (Å²) in [4.78, 5) is 12.2. The summed E-state index contributed by atoms with van der Waals surface area (Å²) in [6, 6.07) is 0. The zero-order chi connectivity index (χ0) is 17.0. The molecule has 3 heteroatoms. The van der Waals surface area contributed by atoms with Crippen molar-refractivity contribution in [2.75, 3.05) is 0 Å². The van der Waals surface area contributed by atoms with E-state index in [1.807, 2.05) is 27.7 Å². The first-order valence-corrected chi connectivity index (χ1v) is 7.86. The molecule has 0 saturated heterocycles. The standard InChI is InChI=1S/C16H33NO.C2H6.Rb/c1-13(2,3)15(7,8)11-12(18)17-16(9,10)14(4,5)6;1-2;/h11H2,1-10H3,(H,17,18);1-2H3;/q;;+1/p-1. The zero-order valence-electron chi connectivity index (χ0n) is 17.1. The monoisotopic (exact) mass is 369 g/mol. The molecule has 0 N–H and O–H groups in total. The Bertz CT molecular complexity index is 276. The Morgan fingerprint density at radius 3 is 1.33 bits per heavy atom. The van der Waals surface area contributed by atoms with Gasteiger partial charge in [-0.25, -0.2) is 0 Å². The van der Waals surface area contributed by atoms with Crippen LogP contribution in [0.25, 0.3) is 5.32 Å². The van der Waals surface area contributed by atoms with Crippen LogP contribution in [0.2, 0.25) is 0 Å². The zero-order valence-corrected chi connectivity index (χ0v) is 22.0. The number of amides is 1. The molecule has 122 valence electrons. The summed E-state index contributed by atoms with van der Waals surface area (Å²) in [6.45, 7) is 25.3. The van der Waals surface area contributed by atoms with Crippen molar-refractivity contribution in [3.8, 4) is 0 Å². The van der Waals surface area contributed by atoms with Gasteiger partial charge in [0.1, 0.15) is 0 Å². The van der Waals surface area contributed by atoms with Crippen LogP contribution in [0.5, 0.6) is 0 Å². The SMILES string of the molecule is CC.CC(C)(C)C(C)(C)CC(=O)[N-]C(C)(C)C(C)(C)C.[Rb+]. The van der Waals surface area contributed by atoms with E-state index in [1.165, 1.54) is 0 Å². The van der Waals surface area contributed by atoms with E-state index in [0.717, 1.165) is 0 Å². The van der Waals surface area contributed by atoms with Gasteiger partial charge >= 0.3 is 58.2 Å². The van der Waals surface area contributed by atoms with Gasteiger partial charge in [0.05, 0.1) is 5.91 Å². The minimum absolute atomic E-state index is 0. The van der Waals surface area contributed by atoms with Gasteiger partial charge in [0.2, 0.25) is 0 Å². The second-order valence-corrected chi connectivity index (χ2v) is 8.63. The molecule has 0 fully saturated rings. The van der Waals surface area contributed by atoms with Crippen LogP contribution in [-0.4, -0.2) is 11.4 Å². The first kappa shape index (κ1) is 27.1. The Morgan fingerprint density at radius 2 is 1.10 bits per heavy atom. The van der Waals surface area contributed by atoms with Gasteiger partial charge in [-0.05, 0) is 22.7 Å². The van der Waals surface area contributed by atoms with Crippen molar-refractivity contribution in [1.29, 1.82) is 0 Å². The van der Waals surface area contributed by atoms with E-state index >= 15 is 0 Å². The van der Waals surface area contributed by atoms with Gasteiger partial charge in [-0.2, -0.15) is 0 Å². The molecule has 0 radical (unpaired) electrons. The molecule has 0 aromatic rings. The topological polar surface area (TPSA) is 31.2 Å². The van der Waals surface area contributed by atoms with E-state index in [2.05, 4.69) is 60.7 Å². The number of rotatable bonds is 3. The third-order valence-corrected chi connectivity index (χ3v) is 4.86. The second-order valence-electron chi connectivity index (χ2n) is 8.63. The fourth-order valence-corrected chi connectivity index (χ4v) is 1.16. The van der Waals surface area contributed by atoms with Crippen molar-refractivity contribution in [3.05, 3.63) is 5.32 Å². The molecule has 0 aromatic heterocycles. The summed E-state index contributed by atoms with van der Waals surface area (Å²) < 4.78 is 0. The third kappa shape index (κ3) is 9.22. The predicted octanol–water partition coefficient (Wildman–Crippen LogP) is 3.20. The minimum Gasteiger partial charge on any atom is -0.648 e. The van der Waals surface area contributed by atoms with Crippen molar-refractivity contribution >= 4 is 5.91 Å². The Hall–Kier alpha value is 1.28. The molecule has 0 aromatic carbocycles. The average Bonchev–Trinajstić information content (AvgIpc) is 2.14. The van der Waals surface area contributed by atoms with Crippen molar-refractivity contribution < 1.29 is 63.0 Å². The van der Waals surface area contributed by atoms with Crippen LogP contribution in [0.4, 0.5) is 0 Å². The van der Waals surface area contributed by atoms with Crippen molar-refractivity contribution in [1.82, 2.24) is 0 Å². The van der Waals surface area contributed by atoms with Gasteiger partial charge in [0, 0.05) is 0 Å². The molecule has 0 bridgehead atoms. The molecule has 1 amide bonds. The van der Waals surface area contributed by atoms with Gasteiger partial charge in [-0.1, -0.05) is 83.1 Å². The largest absolute Gasteiger partial charge is 1.00 e. The first-order valence-electron chi connectivity index (χ1n) is 7.86. The van der Waals surface area contributed by atoms with Gasteiger partial charge in [-0.3, -0.25) is 0 Å². The minimum atomic E-state index is -0.321. The van der Waals surface area contributed by atoms with Crippen LogP contribution < -0.4 is 58.2 Å². The molecule has 0 saturated carbocycles. The van der Waals surface area contributed by atoms with E-state index in [9.17, 15) is 4.79 Å². The molecule has 21 heavy (non-hydrogen) atoms. The molecule has 0 unspecified atom stereocenters. The molecule has 2 nitrogen and oxygen atoms in total. The van der Waals surface area contributed by atoms with Crippen LogP contribution in [0.1, 0.15) is 89.5 Å². The molecule has 0 rings (SSSR count). The number of nitrogens with zero attached hydrogens (tertiary/aromatic N) is 1. The van der Waals surface area contributed by atoms with Crippen molar-refractivity contribution in [3.63, 3.8) is 0 Å². The molecule has 0 aliphatic heterocycles. The average molecular weight is 370 g/mol. The summed E-state index contributed by atoms with van der Waals surface area (Å²) in [7, 11) is 0. The Balaban J connectivity index is -0.00000103. The summed E-state index contributed by atoms with van der Waals surface area (Å²) in [5.74, 6) is 0.0230. The smallest absolute Gasteiger partial charge is 0.648 e. The van der Waals surface area contributed by atoms with Crippen LogP contribution in [0.3, 0.4) is 0 Å². The maximum absolute atomic E-state index is 12.2. The molecule has 0 aliphatic rings. The Kier molecular flexibility index (Phi) is 12.3. The number of carbonyl (C=O) groups is 1. The number of carbonyl (C=O) groups excluding carboxylic acids is 1. The van der Waals surface area contributed by atoms with Gasteiger partial charge in [-0.15, -0.1) is 5.54 Å². The van der Waals surface area contributed by atoms with Gasteiger partial charge < -0.3 is 10.1 Å². The molecule has 0 atom stereocenters. The number of hydrogen-bond acceptors (Lipinski definition) is 1. The first-order chi connectivity index (χ1) is 8.60. The Morgan fingerprint density at radius 1 is 0.762 bits per heavy atom. The van der Waals surface area contributed by atoms with E-state index in [0.29, 0.717) is 6.42 Å². The van der Waals surface area contributed by atoms with Gasteiger partial charge in [0.25, 0.3) is 0 Å². The van der Waals surface area contributed by atoms with Gasteiger partial charge in [0.15, 0.2) is 0 Å². The maximum Gasteiger partial charge on any atom is 1.00 e. The fourth-order valence-electron chi connectivity index (χ4n) is 1.16. The summed E-state index contributed by atoms with van der Waals surface area (Å²) in [6.07, 6.45) is 0.510. The fraction of sp³-hybridized carbons (Fsp3) is 0.944. The molecule has 0 aliphatic carbocycles. The molecule has 0 heterocycles. The van der Waals surface area contributed by atoms with Crippen LogP contribution >= 0.6 is 0 Å². The maximum atomic E-state index is 12.2. The quantitative estimate of drug-likeness (QED) is 0.751. The molecular formula is C18H38NORb. The van der Waals surface area contributed by atoms with Crippen LogP contribution in [0, 0.1) is 16.2 Å². The van der Waals surface area contributed by atoms with Crippen LogP contribution in [0.15, 0.2) is 0 Å². The Labute approximate surface area is 183 Å². The van der Waals surface area contributed by atoms with Crippen molar-refractivity contribution in [2.45, 2.75) is 95.0 Å². The van der Waals surface area contributed by atoms with E-state index < -0.39 is 0 Å².